The van der Waals surface area contributed by atoms with E-state index in [1.807, 2.05) is 69.3 Å². The smallest absolute Gasteiger partial charge is 0.253 e. The quantitative estimate of drug-likeness (QED) is 0.628. The Balaban J connectivity index is 1.71. The number of aryl methyl sites for hydroxylation is 2. The zero-order valence-electron chi connectivity index (χ0n) is 17.0. The first-order chi connectivity index (χ1) is 13.9. The van der Waals surface area contributed by atoms with Gasteiger partial charge < -0.3 is 10.6 Å². The molecule has 2 N–H and O–H groups in total. The minimum Gasteiger partial charge on any atom is -0.345 e. The van der Waals surface area contributed by atoms with Crippen LogP contribution in [0.5, 0.6) is 0 Å². The predicted octanol–water partition coefficient (Wildman–Crippen LogP) is 4.98. The van der Waals surface area contributed by atoms with Crippen molar-refractivity contribution in [3.8, 4) is 0 Å². The summed E-state index contributed by atoms with van der Waals surface area (Å²) in [6.45, 7) is 5.97. The first-order valence-electron chi connectivity index (χ1n) is 9.75. The molecule has 0 saturated heterocycles. The van der Waals surface area contributed by atoms with E-state index in [4.69, 9.17) is 0 Å². The van der Waals surface area contributed by atoms with Crippen molar-refractivity contribution in [1.82, 2.24) is 5.32 Å². The van der Waals surface area contributed by atoms with Crippen LogP contribution in [0.4, 0.5) is 5.69 Å². The fraction of sp³-hybridized carbons (Fsp3) is 0.200. The van der Waals surface area contributed by atoms with E-state index in [0.717, 1.165) is 16.7 Å². The lowest BCUT2D eigenvalue weighted by Gasteiger charge is -2.16. The maximum atomic E-state index is 12.8. The standard InChI is InChI=1S/C25H26N2O2/c1-17-13-14-21(18(2)15-17)16-24(28)27-23-12-8-7-11-22(23)25(29)26-19(3)20-9-5-4-6-10-20/h4-15,19H,16H2,1-3H3,(H,26,29)(H,27,28). The molecule has 4 nitrogen and oxygen atoms in total. The molecule has 0 spiro atoms. The van der Waals surface area contributed by atoms with Crippen molar-refractivity contribution in [3.63, 3.8) is 0 Å². The number of para-hydroxylation sites is 1. The van der Waals surface area contributed by atoms with Crippen LogP contribution in [-0.4, -0.2) is 11.8 Å². The fourth-order valence-corrected chi connectivity index (χ4v) is 3.30. The van der Waals surface area contributed by atoms with Crippen LogP contribution in [0.25, 0.3) is 0 Å². The average Bonchev–Trinajstić information content (AvgIpc) is 2.71. The minimum atomic E-state index is -0.219. The van der Waals surface area contributed by atoms with Gasteiger partial charge in [0.25, 0.3) is 5.91 Å². The van der Waals surface area contributed by atoms with Gasteiger partial charge in [0.15, 0.2) is 0 Å². The van der Waals surface area contributed by atoms with Crippen molar-refractivity contribution in [2.75, 3.05) is 5.32 Å². The molecule has 3 rings (SSSR count). The summed E-state index contributed by atoms with van der Waals surface area (Å²) in [5.41, 5.74) is 5.22. The molecule has 0 heterocycles. The van der Waals surface area contributed by atoms with Gasteiger partial charge in [-0.2, -0.15) is 0 Å². The molecule has 3 aromatic carbocycles. The monoisotopic (exact) mass is 386 g/mol. The van der Waals surface area contributed by atoms with E-state index in [9.17, 15) is 9.59 Å². The Hall–Kier alpha value is -3.40. The van der Waals surface area contributed by atoms with Crippen LogP contribution in [0.2, 0.25) is 0 Å². The molecule has 1 atom stereocenters. The molecule has 0 aliphatic heterocycles. The number of anilines is 1. The average molecular weight is 386 g/mol. The second-order valence-corrected chi connectivity index (χ2v) is 7.31. The van der Waals surface area contributed by atoms with Gasteiger partial charge in [-0.25, -0.2) is 0 Å². The molecule has 3 aromatic rings. The van der Waals surface area contributed by atoms with E-state index in [2.05, 4.69) is 16.7 Å². The molecule has 0 radical (unpaired) electrons. The SMILES string of the molecule is Cc1ccc(CC(=O)Nc2ccccc2C(=O)NC(C)c2ccccc2)c(C)c1. The summed E-state index contributed by atoms with van der Waals surface area (Å²) < 4.78 is 0. The Kier molecular flexibility index (Phi) is 6.45. The maximum Gasteiger partial charge on any atom is 0.253 e. The van der Waals surface area contributed by atoms with Gasteiger partial charge in [-0.15, -0.1) is 0 Å². The summed E-state index contributed by atoms with van der Waals surface area (Å²) in [6.07, 6.45) is 0.266. The number of benzene rings is 3. The highest BCUT2D eigenvalue weighted by Crippen LogP contribution is 2.19. The van der Waals surface area contributed by atoms with Crippen molar-refractivity contribution >= 4 is 17.5 Å². The van der Waals surface area contributed by atoms with Crippen molar-refractivity contribution in [2.24, 2.45) is 0 Å². The van der Waals surface area contributed by atoms with Crippen LogP contribution in [-0.2, 0) is 11.2 Å². The Morgan fingerprint density at radius 2 is 1.59 bits per heavy atom. The molecular formula is C25H26N2O2. The number of carbonyl (C=O) groups is 2. The maximum absolute atomic E-state index is 12.8. The normalized spacial score (nSPS) is 11.6. The summed E-state index contributed by atoms with van der Waals surface area (Å²) in [4.78, 5) is 25.4. The van der Waals surface area contributed by atoms with Gasteiger partial charge in [0.2, 0.25) is 5.91 Å². The third-order valence-corrected chi connectivity index (χ3v) is 4.94. The second kappa shape index (κ2) is 9.20. The molecule has 0 aliphatic rings. The van der Waals surface area contributed by atoms with Crippen LogP contribution in [0, 0.1) is 13.8 Å². The van der Waals surface area contributed by atoms with Crippen molar-refractivity contribution in [3.05, 3.63) is 101 Å². The van der Waals surface area contributed by atoms with Gasteiger partial charge in [0.1, 0.15) is 0 Å². The highest BCUT2D eigenvalue weighted by atomic mass is 16.2. The zero-order valence-corrected chi connectivity index (χ0v) is 17.0. The lowest BCUT2D eigenvalue weighted by molar-refractivity contribution is -0.115. The molecule has 0 aromatic heterocycles. The molecule has 4 heteroatoms. The van der Waals surface area contributed by atoms with E-state index in [-0.39, 0.29) is 24.3 Å². The molecule has 29 heavy (non-hydrogen) atoms. The van der Waals surface area contributed by atoms with E-state index in [1.54, 1.807) is 18.2 Å². The van der Waals surface area contributed by atoms with Gasteiger partial charge >= 0.3 is 0 Å². The Morgan fingerprint density at radius 1 is 0.897 bits per heavy atom. The molecule has 0 aliphatic carbocycles. The Labute approximate surface area is 172 Å². The summed E-state index contributed by atoms with van der Waals surface area (Å²) in [5, 5.41) is 5.90. The van der Waals surface area contributed by atoms with Gasteiger partial charge in [-0.1, -0.05) is 66.2 Å². The van der Waals surface area contributed by atoms with Gasteiger partial charge in [-0.05, 0) is 49.6 Å². The zero-order chi connectivity index (χ0) is 20.8. The lowest BCUT2D eigenvalue weighted by atomic mass is 10.0. The third kappa shape index (κ3) is 5.32. The molecule has 2 amide bonds. The van der Waals surface area contributed by atoms with Crippen LogP contribution in [0.3, 0.4) is 0 Å². The highest BCUT2D eigenvalue weighted by molar-refractivity contribution is 6.04. The van der Waals surface area contributed by atoms with E-state index < -0.39 is 0 Å². The van der Waals surface area contributed by atoms with Crippen LogP contribution < -0.4 is 10.6 Å². The highest BCUT2D eigenvalue weighted by Gasteiger charge is 2.16. The number of carbonyl (C=O) groups excluding carboxylic acids is 2. The number of nitrogens with one attached hydrogen (secondary N) is 2. The topological polar surface area (TPSA) is 58.2 Å². The van der Waals surface area contributed by atoms with Crippen LogP contribution >= 0.6 is 0 Å². The Bertz CT molecular complexity index is 1010. The number of hydrogen-bond donors (Lipinski definition) is 2. The summed E-state index contributed by atoms with van der Waals surface area (Å²) in [6, 6.07) is 22.8. The van der Waals surface area contributed by atoms with Crippen molar-refractivity contribution in [2.45, 2.75) is 33.2 Å². The third-order valence-electron chi connectivity index (χ3n) is 4.94. The summed E-state index contributed by atoms with van der Waals surface area (Å²) in [5.74, 6) is -0.364. The lowest BCUT2D eigenvalue weighted by Crippen LogP contribution is -2.28. The van der Waals surface area contributed by atoms with E-state index >= 15 is 0 Å². The van der Waals surface area contributed by atoms with Crippen molar-refractivity contribution in [1.29, 1.82) is 0 Å². The first kappa shape index (κ1) is 20.3. The van der Waals surface area contributed by atoms with E-state index in [0.29, 0.717) is 11.3 Å². The fourth-order valence-electron chi connectivity index (χ4n) is 3.30. The van der Waals surface area contributed by atoms with Crippen LogP contribution in [0.15, 0.2) is 72.8 Å². The molecular weight excluding hydrogens is 360 g/mol. The Morgan fingerprint density at radius 3 is 2.31 bits per heavy atom. The number of hydrogen-bond acceptors (Lipinski definition) is 2. The summed E-state index contributed by atoms with van der Waals surface area (Å²) >= 11 is 0. The second-order valence-electron chi connectivity index (χ2n) is 7.31. The summed E-state index contributed by atoms with van der Waals surface area (Å²) in [7, 11) is 0. The molecule has 0 fully saturated rings. The van der Waals surface area contributed by atoms with Crippen molar-refractivity contribution < 1.29 is 9.59 Å². The molecule has 0 bridgehead atoms. The van der Waals surface area contributed by atoms with Gasteiger partial charge in [0, 0.05) is 0 Å². The van der Waals surface area contributed by atoms with Gasteiger partial charge in [0.05, 0.1) is 23.7 Å². The molecule has 1 unspecified atom stereocenters. The molecule has 0 saturated carbocycles. The van der Waals surface area contributed by atoms with Gasteiger partial charge in [-0.3, -0.25) is 9.59 Å². The largest absolute Gasteiger partial charge is 0.345 e. The minimum absolute atomic E-state index is 0.136. The first-order valence-corrected chi connectivity index (χ1v) is 9.75. The molecule has 148 valence electrons. The van der Waals surface area contributed by atoms with Crippen LogP contribution in [0.1, 0.15) is 45.6 Å². The van der Waals surface area contributed by atoms with E-state index in [1.165, 1.54) is 5.56 Å². The predicted molar refractivity (Wildman–Crippen MR) is 117 cm³/mol. The number of rotatable bonds is 6. The number of amides is 2.